The van der Waals surface area contributed by atoms with E-state index < -0.39 is 15.9 Å². The molecule has 6 nitrogen and oxygen atoms in total. The van der Waals surface area contributed by atoms with Crippen LogP contribution in [0.4, 0.5) is 0 Å². The third-order valence-corrected chi connectivity index (χ3v) is 4.38. The van der Waals surface area contributed by atoms with Gasteiger partial charge in [-0.25, -0.2) is 13.1 Å². The Kier molecular flexibility index (Phi) is 4.46. The van der Waals surface area contributed by atoms with Crippen molar-refractivity contribution in [3.8, 4) is 0 Å². The fourth-order valence-electron chi connectivity index (χ4n) is 1.79. The van der Waals surface area contributed by atoms with Crippen molar-refractivity contribution in [2.45, 2.75) is 25.2 Å². The minimum Gasteiger partial charge on any atom is -0.456 e. The Balaban J connectivity index is 2.19. The fourth-order valence-corrected chi connectivity index (χ4v) is 2.75. The average Bonchev–Trinajstić information content (AvgIpc) is 2.96. The van der Waals surface area contributed by atoms with Gasteiger partial charge in [0, 0.05) is 12.0 Å². The number of amides is 1. The molecule has 0 fully saturated rings. The topological polar surface area (TPSA) is 93.5 Å². The molecular formula is C15H15NO5S. The van der Waals surface area contributed by atoms with E-state index in [0.717, 1.165) is 0 Å². The van der Waals surface area contributed by atoms with E-state index in [-0.39, 0.29) is 16.4 Å². The first-order valence-electron chi connectivity index (χ1n) is 6.60. The van der Waals surface area contributed by atoms with Gasteiger partial charge in [-0.3, -0.25) is 9.59 Å². The Bertz CT molecular complexity index is 803. The Morgan fingerprint density at radius 3 is 2.23 bits per heavy atom. The van der Waals surface area contributed by atoms with Gasteiger partial charge in [-0.1, -0.05) is 19.1 Å². The third-order valence-electron chi connectivity index (χ3n) is 3.03. The number of carbonyl (C=O) groups is 2. The maximum absolute atomic E-state index is 12.1. The minimum atomic E-state index is -4.02. The van der Waals surface area contributed by atoms with Crippen molar-refractivity contribution in [1.82, 2.24) is 4.72 Å². The van der Waals surface area contributed by atoms with Crippen LogP contribution in [0.5, 0.6) is 0 Å². The number of nitrogens with one attached hydrogen (secondary N) is 1. The van der Waals surface area contributed by atoms with Gasteiger partial charge in [-0.05, 0) is 31.2 Å². The van der Waals surface area contributed by atoms with Gasteiger partial charge in [0.15, 0.2) is 11.5 Å². The summed E-state index contributed by atoms with van der Waals surface area (Å²) in [5.41, 5.74) is 0.392. The van der Waals surface area contributed by atoms with E-state index in [2.05, 4.69) is 0 Å². The van der Waals surface area contributed by atoms with Crippen molar-refractivity contribution in [2.75, 3.05) is 0 Å². The van der Waals surface area contributed by atoms with Gasteiger partial charge in [0.05, 0.1) is 4.90 Å². The van der Waals surface area contributed by atoms with Crippen molar-refractivity contribution in [2.24, 2.45) is 0 Å². The van der Waals surface area contributed by atoms with Crippen LogP contribution in [0.25, 0.3) is 0 Å². The van der Waals surface area contributed by atoms with E-state index in [9.17, 15) is 18.0 Å². The zero-order valence-corrected chi connectivity index (χ0v) is 12.9. The number of rotatable bonds is 5. The third kappa shape index (κ3) is 3.43. The highest BCUT2D eigenvalue weighted by Gasteiger charge is 2.21. The van der Waals surface area contributed by atoms with Gasteiger partial charge in [-0.2, -0.15) is 0 Å². The molecule has 0 radical (unpaired) electrons. The number of benzene rings is 1. The van der Waals surface area contributed by atoms with Crippen LogP contribution in [0.2, 0.25) is 0 Å². The molecule has 7 heteroatoms. The summed E-state index contributed by atoms with van der Waals surface area (Å²) in [4.78, 5) is 23.0. The molecule has 0 saturated heterocycles. The molecule has 2 rings (SSSR count). The normalized spacial score (nSPS) is 11.2. The van der Waals surface area contributed by atoms with E-state index in [1.54, 1.807) is 6.07 Å². The summed E-state index contributed by atoms with van der Waals surface area (Å²) >= 11 is 0. The van der Waals surface area contributed by atoms with E-state index in [1.165, 1.54) is 37.3 Å². The molecule has 1 aromatic heterocycles. The standard InChI is InChI=1S/C15H15NO5S/c1-3-12-6-9-14(21-12)15(18)16-22(19,20)13-7-4-11(5-8-13)10(2)17/h4-9H,3H2,1-2H3,(H,16,18). The molecule has 2 aromatic rings. The number of aryl methyl sites for hydroxylation is 1. The predicted molar refractivity (Wildman–Crippen MR) is 79.2 cm³/mol. The number of furan rings is 1. The smallest absolute Gasteiger partial charge is 0.300 e. The number of Topliss-reactive ketones (excluding diaryl/α,β-unsaturated/α-hetero) is 1. The Morgan fingerprint density at radius 1 is 1.09 bits per heavy atom. The predicted octanol–water partition coefficient (Wildman–Crippen LogP) is 2.16. The first kappa shape index (κ1) is 16.0. The number of ketones is 1. The van der Waals surface area contributed by atoms with E-state index >= 15 is 0 Å². The molecule has 0 bridgehead atoms. The lowest BCUT2D eigenvalue weighted by Crippen LogP contribution is -2.30. The second-order valence-corrected chi connectivity index (χ2v) is 6.32. The van der Waals surface area contributed by atoms with Gasteiger partial charge in [0.25, 0.3) is 10.0 Å². The van der Waals surface area contributed by atoms with Crippen molar-refractivity contribution in [3.05, 3.63) is 53.5 Å². The van der Waals surface area contributed by atoms with Crippen molar-refractivity contribution in [1.29, 1.82) is 0 Å². The lowest BCUT2D eigenvalue weighted by Gasteiger charge is -2.06. The molecule has 0 aliphatic carbocycles. The first-order valence-corrected chi connectivity index (χ1v) is 8.08. The van der Waals surface area contributed by atoms with Crippen LogP contribution in [0.1, 0.15) is 40.5 Å². The number of sulfonamides is 1. The van der Waals surface area contributed by atoms with Crippen LogP contribution in [0, 0.1) is 0 Å². The SMILES string of the molecule is CCc1ccc(C(=O)NS(=O)(=O)c2ccc(C(C)=O)cc2)o1. The van der Waals surface area contributed by atoms with Gasteiger partial charge >= 0.3 is 5.91 Å². The minimum absolute atomic E-state index is 0.0687. The van der Waals surface area contributed by atoms with Crippen LogP contribution < -0.4 is 4.72 Å². The number of hydrogen-bond donors (Lipinski definition) is 1. The maximum atomic E-state index is 12.1. The zero-order chi connectivity index (χ0) is 16.3. The highest BCUT2D eigenvalue weighted by molar-refractivity contribution is 7.90. The molecule has 0 aliphatic heterocycles. The molecule has 116 valence electrons. The molecule has 1 heterocycles. The molecular weight excluding hydrogens is 306 g/mol. The second kappa shape index (κ2) is 6.15. The number of hydrogen-bond acceptors (Lipinski definition) is 5. The molecule has 0 saturated carbocycles. The van der Waals surface area contributed by atoms with Crippen LogP contribution >= 0.6 is 0 Å². The van der Waals surface area contributed by atoms with E-state index in [1.807, 2.05) is 11.6 Å². The van der Waals surface area contributed by atoms with Crippen LogP contribution in [-0.2, 0) is 16.4 Å². The first-order chi connectivity index (χ1) is 10.3. The highest BCUT2D eigenvalue weighted by Crippen LogP contribution is 2.13. The average molecular weight is 321 g/mol. The molecule has 1 amide bonds. The molecule has 0 atom stereocenters. The van der Waals surface area contributed by atoms with Gasteiger partial charge < -0.3 is 4.42 Å². The summed E-state index contributed by atoms with van der Waals surface area (Å²) in [6.07, 6.45) is 0.604. The molecule has 0 aliphatic rings. The summed E-state index contributed by atoms with van der Waals surface area (Å²) in [5.74, 6) is -0.486. The Labute approximate surface area is 128 Å². The maximum Gasteiger partial charge on any atom is 0.300 e. The summed E-state index contributed by atoms with van der Waals surface area (Å²) in [6, 6.07) is 8.36. The van der Waals surface area contributed by atoms with E-state index in [0.29, 0.717) is 17.7 Å². The van der Waals surface area contributed by atoms with Crippen molar-refractivity contribution < 1.29 is 22.4 Å². The van der Waals surface area contributed by atoms with Gasteiger partial charge in [0.1, 0.15) is 5.76 Å². The Hall–Kier alpha value is -2.41. The van der Waals surface area contributed by atoms with Gasteiger partial charge in [-0.15, -0.1) is 0 Å². The largest absolute Gasteiger partial charge is 0.456 e. The lowest BCUT2D eigenvalue weighted by atomic mass is 10.2. The summed E-state index contributed by atoms with van der Waals surface area (Å²) in [7, 11) is -4.02. The van der Waals surface area contributed by atoms with Crippen LogP contribution in [-0.4, -0.2) is 20.1 Å². The number of carbonyl (C=O) groups excluding carboxylic acids is 2. The van der Waals surface area contributed by atoms with Crippen LogP contribution in [0.3, 0.4) is 0 Å². The zero-order valence-electron chi connectivity index (χ0n) is 12.1. The summed E-state index contributed by atoms with van der Waals surface area (Å²) in [6.45, 7) is 3.24. The van der Waals surface area contributed by atoms with Crippen molar-refractivity contribution in [3.63, 3.8) is 0 Å². The molecule has 0 spiro atoms. The monoisotopic (exact) mass is 321 g/mol. The summed E-state index contributed by atoms with van der Waals surface area (Å²) < 4.78 is 31.4. The summed E-state index contributed by atoms with van der Waals surface area (Å²) in [5, 5.41) is 0. The van der Waals surface area contributed by atoms with Crippen LogP contribution in [0.15, 0.2) is 45.7 Å². The van der Waals surface area contributed by atoms with E-state index in [4.69, 9.17) is 4.42 Å². The fraction of sp³-hybridized carbons (Fsp3) is 0.200. The quantitative estimate of drug-likeness (QED) is 0.852. The Morgan fingerprint density at radius 2 is 1.73 bits per heavy atom. The molecule has 1 aromatic carbocycles. The second-order valence-electron chi connectivity index (χ2n) is 4.63. The molecule has 22 heavy (non-hydrogen) atoms. The van der Waals surface area contributed by atoms with Gasteiger partial charge in [0.2, 0.25) is 0 Å². The molecule has 1 N–H and O–H groups in total. The van der Waals surface area contributed by atoms with Crippen molar-refractivity contribution >= 4 is 21.7 Å². The highest BCUT2D eigenvalue weighted by atomic mass is 32.2. The molecule has 0 unspecified atom stereocenters. The lowest BCUT2D eigenvalue weighted by molar-refractivity contribution is 0.0951.